The molecule has 3 N–H and O–H groups in total. The van der Waals surface area contributed by atoms with Crippen molar-refractivity contribution >= 4 is 17.7 Å². The Balaban J connectivity index is 1.26. The third-order valence-corrected chi connectivity index (χ3v) is 5.92. The van der Waals surface area contributed by atoms with Crippen LogP contribution in [-0.4, -0.2) is 46.1 Å². The summed E-state index contributed by atoms with van der Waals surface area (Å²) in [5.74, 6) is -0.130. The Morgan fingerprint density at radius 1 is 1.19 bits per heavy atom. The van der Waals surface area contributed by atoms with Gasteiger partial charge in [-0.25, -0.2) is 4.79 Å². The molecule has 9 nitrogen and oxygen atoms in total. The Morgan fingerprint density at radius 2 is 2.00 bits per heavy atom. The number of nitrogens with one attached hydrogen (secondary N) is 3. The number of aromatic amines is 1. The van der Waals surface area contributed by atoms with Gasteiger partial charge in [-0.05, 0) is 40.8 Å². The highest BCUT2D eigenvalue weighted by Gasteiger charge is 2.47. The number of ether oxygens (including phenoxy) is 1. The number of amides is 2. The summed E-state index contributed by atoms with van der Waals surface area (Å²) in [7, 11) is 0. The maximum Gasteiger partial charge on any atom is 0.415 e. The molecule has 9 heteroatoms. The summed E-state index contributed by atoms with van der Waals surface area (Å²) in [5, 5.41) is 16.5. The molecule has 164 valence electrons. The summed E-state index contributed by atoms with van der Waals surface area (Å²) in [4.78, 5) is 25.4. The van der Waals surface area contributed by atoms with Gasteiger partial charge in [0.25, 0.3) is 0 Å². The maximum atomic E-state index is 12.4. The van der Waals surface area contributed by atoms with Gasteiger partial charge < -0.3 is 15.4 Å². The van der Waals surface area contributed by atoms with Crippen LogP contribution in [-0.2, 0) is 29.0 Å². The van der Waals surface area contributed by atoms with Gasteiger partial charge in [0.15, 0.2) is 0 Å². The van der Waals surface area contributed by atoms with E-state index in [4.69, 9.17) is 4.74 Å². The number of nitrogens with zero attached hydrogens (tertiary/aromatic N) is 3. The summed E-state index contributed by atoms with van der Waals surface area (Å²) in [5.41, 5.74) is 6.31. The molecule has 1 aromatic heterocycles. The molecule has 0 radical (unpaired) electrons. The SMILES string of the molecule is CC(=O)NC[C@@H]1OC(=O)N2c3ccc(-c4ccc(CNCc5cn[nH]n5)cc4)cc3C[C@@H]12. The number of hydrogen-bond acceptors (Lipinski definition) is 6. The Bertz CT molecular complexity index is 1130. The number of fused-ring (bicyclic) bond motifs is 3. The summed E-state index contributed by atoms with van der Waals surface area (Å²) in [6, 6.07) is 14.5. The third-order valence-electron chi connectivity index (χ3n) is 5.92. The van der Waals surface area contributed by atoms with Crippen LogP contribution in [0.5, 0.6) is 0 Å². The fourth-order valence-corrected chi connectivity index (χ4v) is 4.34. The smallest absolute Gasteiger partial charge is 0.415 e. The van der Waals surface area contributed by atoms with Gasteiger partial charge in [-0.3, -0.25) is 9.69 Å². The second kappa shape index (κ2) is 8.43. The van der Waals surface area contributed by atoms with E-state index in [0.717, 1.165) is 34.6 Å². The molecule has 0 spiro atoms. The van der Waals surface area contributed by atoms with Crippen molar-refractivity contribution in [3.05, 3.63) is 65.5 Å². The lowest BCUT2D eigenvalue weighted by molar-refractivity contribution is -0.119. The van der Waals surface area contributed by atoms with Gasteiger partial charge >= 0.3 is 6.09 Å². The van der Waals surface area contributed by atoms with Crippen molar-refractivity contribution in [1.29, 1.82) is 0 Å². The van der Waals surface area contributed by atoms with Gasteiger partial charge in [0.2, 0.25) is 5.91 Å². The van der Waals surface area contributed by atoms with E-state index < -0.39 is 0 Å². The highest BCUT2D eigenvalue weighted by Crippen LogP contribution is 2.40. The normalized spacial score (nSPS) is 18.9. The number of cyclic esters (lactones) is 1. The van der Waals surface area contributed by atoms with Crippen molar-refractivity contribution < 1.29 is 14.3 Å². The van der Waals surface area contributed by atoms with E-state index in [1.807, 2.05) is 12.1 Å². The molecule has 3 heterocycles. The molecule has 0 saturated carbocycles. The minimum Gasteiger partial charge on any atom is -0.442 e. The highest BCUT2D eigenvalue weighted by atomic mass is 16.6. The van der Waals surface area contributed by atoms with E-state index >= 15 is 0 Å². The van der Waals surface area contributed by atoms with Crippen LogP contribution in [0.1, 0.15) is 23.7 Å². The van der Waals surface area contributed by atoms with E-state index in [2.05, 4.69) is 56.4 Å². The molecule has 1 saturated heterocycles. The van der Waals surface area contributed by atoms with Crippen molar-refractivity contribution in [3.63, 3.8) is 0 Å². The number of aromatic nitrogens is 3. The average molecular weight is 432 g/mol. The first-order valence-corrected chi connectivity index (χ1v) is 10.6. The van der Waals surface area contributed by atoms with Crippen LogP contribution in [0, 0.1) is 0 Å². The molecule has 2 aliphatic heterocycles. The van der Waals surface area contributed by atoms with E-state index in [1.165, 1.54) is 12.5 Å². The van der Waals surface area contributed by atoms with Crippen molar-refractivity contribution in [1.82, 2.24) is 26.0 Å². The largest absolute Gasteiger partial charge is 0.442 e. The topological polar surface area (TPSA) is 112 Å². The van der Waals surface area contributed by atoms with E-state index in [0.29, 0.717) is 19.5 Å². The van der Waals surface area contributed by atoms with Gasteiger partial charge in [0.1, 0.15) is 6.10 Å². The number of anilines is 1. The molecule has 2 atom stereocenters. The standard InChI is InChI=1S/C23H24N6O3/c1-14(30)25-13-22-21-9-18-8-17(6-7-20(18)29(21)23(31)32-22)16-4-2-15(3-5-16)10-24-11-19-12-26-28-27-19/h2-8,12,21-22,24H,9-11,13H2,1H3,(H,25,30)(H,26,27,28)/t21-,22-/m0/s1. The lowest BCUT2D eigenvalue weighted by Gasteiger charge is -2.16. The average Bonchev–Trinajstić information content (AvgIpc) is 3.50. The Labute approximate surface area is 185 Å². The summed E-state index contributed by atoms with van der Waals surface area (Å²) in [6.45, 7) is 3.19. The van der Waals surface area contributed by atoms with Crippen molar-refractivity contribution in [2.45, 2.75) is 38.6 Å². The predicted molar refractivity (Wildman–Crippen MR) is 118 cm³/mol. The monoisotopic (exact) mass is 432 g/mol. The molecule has 0 unspecified atom stereocenters. The minimum atomic E-state index is -0.348. The Hall–Kier alpha value is -3.72. The second-order valence-electron chi connectivity index (χ2n) is 8.11. The van der Waals surface area contributed by atoms with Crippen LogP contribution < -0.4 is 15.5 Å². The molecule has 5 rings (SSSR count). The number of H-pyrrole nitrogens is 1. The second-order valence-corrected chi connectivity index (χ2v) is 8.11. The van der Waals surface area contributed by atoms with Crippen molar-refractivity contribution in [3.8, 4) is 11.1 Å². The summed E-state index contributed by atoms with van der Waals surface area (Å²) < 4.78 is 5.48. The zero-order valence-electron chi connectivity index (χ0n) is 17.7. The quantitative estimate of drug-likeness (QED) is 0.527. The molecular formula is C23H24N6O3. The highest BCUT2D eigenvalue weighted by molar-refractivity contribution is 5.94. The van der Waals surface area contributed by atoms with E-state index in [9.17, 15) is 9.59 Å². The zero-order valence-corrected chi connectivity index (χ0v) is 17.7. The molecule has 0 bridgehead atoms. The van der Waals surface area contributed by atoms with Gasteiger partial charge in [0.05, 0.1) is 30.2 Å². The fraction of sp³-hybridized carbons (Fsp3) is 0.304. The van der Waals surface area contributed by atoms with Gasteiger partial charge in [-0.15, -0.1) is 0 Å². The fourth-order valence-electron chi connectivity index (χ4n) is 4.34. The molecule has 3 aromatic rings. The third kappa shape index (κ3) is 3.94. The number of hydrogen-bond donors (Lipinski definition) is 3. The van der Waals surface area contributed by atoms with E-state index in [1.54, 1.807) is 11.1 Å². The van der Waals surface area contributed by atoms with Crippen LogP contribution in [0.3, 0.4) is 0 Å². The number of benzene rings is 2. The van der Waals surface area contributed by atoms with Crippen molar-refractivity contribution in [2.24, 2.45) is 0 Å². The molecule has 2 amide bonds. The summed E-state index contributed by atoms with van der Waals surface area (Å²) >= 11 is 0. The van der Waals surface area contributed by atoms with E-state index in [-0.39, 0.29) is 24.1 Å². The minimum absolute atomic E-state index is 0.0854. The first-order valence-electron chi connectivity index (χ1n) is 10.6. The van der Waals surface area contributed by atoms with Crippen LogP contribution in [0.2, 0.25) is 0 Å². The van der Waals surface area contributed by atoms with Crippen LogP contribution in [0.15, 0.2) is 48.7 Å². The van der Waals surface area contributed by atoms with Crippen molar-refractivity contribution in [2.75, 3.05) is 11.4 Å². The molecule has 2 aliphatic rings. The lowest BCUT2D eigenvalue weighted by atomic mass is 9.99. The molecule has 32 heavy (non-hydrogen) atoms. The van der Waals surface area contributed by atoms with Gasteiger partial charge in [0, 0.05) is 20.0 Å². The van der Waals surface area contributed by atoms with Crippen LogP contribution >= 0.6 is 0 Å². The Morgan fingerprint density at radius 3 is 2.75 bits per heavy atom. The van der Waals surface area contributed by atoms with Gasteiger partial charge in [-0.2, -0.15) is 15.4 Å². The first-order chi connectivity index (χ1) is 15.6. The molecule has 1 fully saturated rings. The molecule has 2 aromatic carbocycles. The number of carbonyl (C=O) groups excluding carboxylic acids is 2. The lowest BCUT2D eigenvalue weighted by Crippen LogP contribution is -2.40. The Kier molecular flexibility index (Phi) is 5.32. The van der Waals surface area contributed by atoms with Crippen LogP contribution in [0.25, 0.3) is 11.1 Å². The molecule has 0 aliphatic carbocycles. The molecular weight excluding hydrogens is 408 g/mol. The number of rotatable bonds is 7. The predicted octanol–water partition coefficient (Wildman–Crippen LogP) is 2.15. The zero-order chi connectivity index (χ0) is 22.1. The maximum absolute atomic E-state index is 12.4. The first kappa shape index (κ1) is 20.2. The number of carbonyl (C=O) groups is 2. The summed E-state index contributed by atoms with van der Waals surface area (Å²) in [6.07, 6.45) is 1.73. The van der Waals surface area contributed by atoms with Gasteiger partial charge in [-0.1, -0.05) is 30.3 Å². The van der Waals surface area contributed by atoms with Crippen LogP contribution in [0.4, 0.5) is 10.5 Å².